The summed E-state index contributed by atoms with van der Waals surface area (Å²) < 4.78 is 0. The Kier molecular flexibility index (Phi) is 6.37. The lowest BCUT2D eigenvalue weighted by molar-refractivity contribution is 0.185. The van der Waals surface area contributed by atoms with Crippen LogP contribution in [0.1, 0.15) is 50.4 Å². The Morgan fingerprint density at radius 3 is 2.03 bits per heavy atom. The highest BCUT2D eigenvalue weighted by Gasteiger charge is 2.22. The predicted molar refractivity (Wildman–Crippen MR) is 136 cm³/mol. The van der Waals surface area contributed by atoms with Gasteiger partial charge in [-0.25, -0.2) is 14.8 Å². The summed E-state index contributed by atoms with van der Waals surface area (Å²) in [6.07, 6.45) is 5.05. The Morgan fingerprint density at radius 2 is 1.49 bits per heavy atom. The lowest BCUT2D eigenvalue weighted by Gasteiger charge is -2.18. The van der Waals surface area contributed by atoms with Crippen LogP contribution in [-0.2, 0) is 0 Å². The molecule has 1 amide bonds. The molecule has 1 aliphatic rings. The lowest BCUT2D eigenvalue weighted by atomic mass is 10.0. The van der Waals surface area contributed by atoms with Gasteiger partial charge in [0.05, 0.1) is 23.5 Å². The fourth-order valence-corrected chi connectivity index (χ4v) is 4.58. The van der Waals surface area contributed by atoms with Crippen LogP contribution in [0.5, 0.6) is 0 Å². The van der Waals surface area contributed by atoms with Crippen molar-refractivity contribution in [1.29, 1.82) is 0 Å². The van der Waals surface area contributed by atoms with Crippen LogP contribution in [0, 0.1) is 5.92 Å². The minimum Gasteiger partial charge on any atom is -0.465 e. The molecule has 2 aromatic carbocycles. The molecule has 0 aliphatic carbocycles. The third-order valence-corrected chi connectivity index (χ3v) is 6.52. The average Bonchev–Trinajstić information content (AvgIpc) is 3.64. The first-order chi connectivity index (χ1) is 17.0. The number of carbonyl (C=O) groups is 1. The maximum Gasteiger partial charge on any atom is 0.405 e. The summed E-state index contributed by atoms with van der Waals surface area (Å²) in [5.74, 6) is 1.70. The monoisotopic (exact) mass is 470 g/mol. The number of hydrogen-bond donors (Lipinski definition) is 5. The molecule has 0 spiro atoms. The first kappa shape index (κ1) is 22.9. The molecule has 5 N–H and O–H groups in total. The van der Waals surface area contributed by atoms with Crippen LogP contribution in [0.25, 0.3) is 33.6 Å². The summed E-state index contributed by atoms with van der Waals surface area (Å²) in [5, 5.41) is 15.1. The third kappa shape index (κ3) is 4.97. The van der Waals surface area contributed by atoms with Crippen LogP contribution >= 0.6 is 0 Å². The largest absolute Gasteiger partial charge is 0.465 e. The first-order valence-electron chi connectivity index (χ1n) is 12.0. The number of nitrogens with zero attached hydrogens (tertiary/aromatic N) is 2. The zero-order chi connectivity index (χ0) is 24.4. The first-order valence-corrected chi connectivity index (χ1v) is 12.0. The van der Waals surface area contributed by atoms with E-state index in [0.717, 1.165) is 52.4 Å². The molecule has 180 valence electrons. The fraction of sp³-hybridized carbons (Fsp3) is 0.296. The van der Waals surface area contributed by atoms with E-state index >= 15 is 0 Å². The number of aromatic nitrogens is 4. The van der Waals surface area contributed by atoms with Gasteiger partial charge in [-0.2, -0.15) is 0 Å². The second-order valence-electron chi connectivity index (χ2n) is 9.32. The Bertz CT molecular complexity index is 1280. The van der Waals surface area contributed by atoms with Crippen LogP contribution in [0.4, 0.5) is 4.79 Å². The van der Waals surface area contributed by atoms with E-state index < -0.39 is 6.09 Å². The minimum atomic E-state index is -1.06. The summed E-state index contributed by atoms with van der Waals surface area (Å²) in [5.41, 5.74) is 6.04. The number of carboxylic acid groups (broad SMARTS) is 1. The van der Waals surface area contributed by atoms with E-state index in [1.165, 1.54) is 6.42 Å². The SMILES string of the molecule is CC(C)[C@H](NC(=O)O)c1nc(-c2ccc(-c3ccc(-c4c[nH]c([C@@H]5CCCN5)n4)cc3)cc2)c[nH]1. The highest BCUT2D eigenvalue weighted by atomic mass is 16.4. The van der Waals surface area contributed by atoms with E-state index in [1.54, 1.807) is 0 Å². The van der Waals surface area contributed by atoms with Crippen LogP contribution < -0.4 is 10.6 Å². The van der Waals surface area contributed by atoms with Gasteiger partial charge in [0.2, 0.25) is 0 Å². The standard InChI is InChI=1S/C27H30N6O2/c1-16(2)24(33-27(34)35)26-30-15-23(32-26)20-11-7-18(8-12-20)17-5-9-19(10-6-17)22-14-29-25(31-22)21-4-3-13-28-21/h5-12,14-16,21,24,28,33H,3-4,13H2,1-2H3,(H,29,31)(H,30,32)(H,34,35)/t21-,24-/m0/s1. The molecular formula is C27H30N6O2. The van der Waals surface area contributed by atoms with Crippen LogP contribution in [0.3, 0.4) is 0 Å². The van der Waals surface area contributed by atoms with Gasteiger partial charge in [-0.3, -0.25) is 0 Å². The summed E-state index contributed by atoms with van der Waals surface area (Å²) in [4.78, 5) is 27.0. The number of imidazole rings is 2. The van der Waals surface area contributed by atoms with E-state index in [9.17, 15) is 4.79 Å². The van der Waals surface area contributed by atoms with Gasteiger partial charge < -0.3 is 25.7 Å². The van der Waals surface area contributed by atoms with Gasteiger partial charge in [0.1, 0.15) is 11.6 Å². The van der Waals surface area contributed by atoms with Crippen molar-refractivity contribution in [3.8, 4) is 33.6 Å². The van der Waals surface area contributed by atoms with Crippen molar-refractivity contribution in [2.75, 3.05) is 6.54 Å². The zero-order valence-corrected chi connectivity index (χ0v) is 19.9. The van der Waals surface area contributed by atoms with Crippen molar-refractivity contribution in [3.05, 3.63) is 72.6 Å². The van der Waals surface area contributed by atoms with E-state index in [2.05, 4.69) is 62.0 Å². The molecule has 2 atom stereocenters. The normalized spacial score (nSPS) is 16.5. The smallest absolute Gasteiger partial charge is 0.405 e. The van der Waals surface area contributed by atoms with E-state index in [4.69, 9.17) is 10.1 Å². The molecule has 1 saturated heterocycles. The second kappa shape index (κ2) is 9.76. The number of rotatable bonds is 7. The van der Waals surface area contributed by atoms with E-state index in [-0.39, 0.29) is 12.0 Å². The highest BCUT2D eigenvalue weighted by molar-refractivity contribution is 5.71. The summed E-state index contributed by atoms with van der Waals surface area (Å²) in [7, 11) is 0. The molecule has 0 bridgehead atoms. The van der Waals surface area contributed by atoms with Gasteiger partial charge >= 0.3 is 6.09 Å². The lowest BCUT2D eigenvalue weighted by Crippen LogP contribution is -2.31. The van der Waals surface area contributed by atoms with Gasteiger partial charge in [-0.15, -0.1) is 0 Å². The molecule has 2 aromatic heterocycles. The summed E-state index contributed by atoms with van der Waals surface area (Å²) in [6, 6.07) is 16.6. The quantitative estimate of drug-likeness (QED) is 0.244. The van der Waals surface area contributed by atoms with Crippen LogP contribution in [0.2, 0.25) is 0 Å². The average molecular weight is 471 g/mol. The van der Waals surface area contributed by atoms with Gasteiger partial charge in [-0.05, 0) is 36.4 Å². The molecule has 8 nitrogen and oxygen atoms in total. The Hall–Kier alpha value is -3.91. The van der Waals surface area contributed by atoms with Crippen LogP contribution in [-0.4, -0.2) is 37.7 Å². The van der Waals surface area contributed by atoms with Gasteiger partial charge in [0.15, 0.2) is 0 Å². The maximum atomic E-state index is 11.1. The van der Waals surface area contributed by atoms with Crippen molar-refractivity contribution >= 4 is 6.09 Å². The fourth-order valence-electron chi connectivity index (χ4n) is 4.58. The Morgan fingerprint density at radius 1 is 0.914 bits per heavy atom. The van der Waals surface area contributed by atoms with E-state index in [1.807, 2.05) is 38.4 Å². The third-order valence-electron chi connectivity index (χ3n) is 6.52. The molecule has 0 unspecified atom stereocenters. The second-order valence-corrected chi connectivity index (χ2v) is 9.32. The molecule has 0 radical (unpaired) electrons. The Labute approximate surface area is 204 Å². The number of hydrogen-bond acceptors (Lipinski definition) is 4. The Balaban J connectivity index is 1.29. The van der Waals surface area contributed by atoms with Crippen molar-refractivity contribution in [2.24, 2.45) is 5.92 Å². The molecule has 35 heavy (non-hydrogen) atoms. The molecule has 8 heteroatoms. The topological polar surface area (TPSA) is 119 Å². The molecular weight excluding hydrogens is 440 g/mol. The highest BCUT2D eigenvalue weighted by Crippen LogP contribution is 2.29. The summed E-state index contributed by atoms with van der Waals surface area (Å²) in [6.45, 7) is 4.97. The molecule has 3 heterocycles. The van der Waals surface area contributed by atoms with Gasteiger partial charge in [-0.1, -0.05) is 62.4 Å². The van der Waals surface area contributed by atoms with Crippen molar-refractivity contribution < 1.29 is 9.90 Å². The molecule has 4 aromatic rings. The molecule has 1 aliphatic heterocycles. The molecule has 5 rings (SSSR count). The van der Waals surface area contributed by atoms with Crippen LogP contribution in [0.15, 0.2) is 60.9 Å². The molecule has 1 fully saturated rings. The van der Waals surface area contributed by atoms with Crippen molar-refractivity contribution in [1.82, 2.24) is 30.6 Å². The van der Waals surface area contributed by atoms with Gasteiger partial charge in [0.25, 0.3) is 0 Å². The van der Waals surface area contributed by atoms with Crippen molar-refractivity contribution in [3.63, 3.8) is 0 Å². The number of aromatic amines is 2. The number of H-pyrrole nitrogens is 2. The summed E-state index contributed by atoms with van der Waals surface area (Å²) >= 11 is 0. The van der Waals surface area contributed by atoms with E-state index in [0.29, 0.717) is 11.9 Å². The number of amides is 1. The number of benzene rings is 2. The minimum absolute atomic E-state index is 0.0721. The number of nitrogens with one attached hydrogen (secondary N) is 4. The predicted octanol–water partition coefficient (Wildman–Crippen LogP) is 5.52. The zero-order valence-electron chi connectivity index (χ0n) is 19.9. The maximum absolute atomic E-state index is 11.1. The van der Waals surface area contributed by atoms with Gasteiger partial charge in [0, 0.05) is 23.5 Å². The van der Waals surface area contributed by atoms with Crippen molar-refractivity contribution in [2.45, 2.75) is 38.8 Å². The molecule has 0 saturated carbocycles.